The Labute approximate surface area is 67.1 Å². The van der Waals surface area contributed by atoms with E-state index in [1.165, 1.54) is 0 Å². The first-order chi connectivity index (χ1) is 5.15. The molecule has 0 fully saturated rings. The maximum absolute atomic E-state index is 8.74. The van der Waals surface area contributed by atoms with Crippen molar-refractivity contribution in [3.8, 4) is 0 Å². The maximum Gasteiger partial charge on any atom is 0.761 e. The topological polar surface area (TPSA) is 122 Å². The fraction of sp³-hybridized carbons (Fsp3) is 1.00. The smallest absolute Gasteiger partial charge is 0.511 e. The summed E-state index contributed by atoms with van der Waals surface area (Å²) in [7, 11) is -3.13. The SMILES string of the molecule is NCCNCCN.O=[Si](O)O. The molecule has 0 spiro atoms. The summed E-state index contributed by atoms with van der Waals surface area (Å²) in [6.45, 7) is 3.13. The third kappa shape index (κ3) is 43.6. The Morgan fingerprint density at radius 1 is 1.18 bits per heavy atom. The van der Waals surface area contributed by atoms with Gasteiger partial charge < -0.3 is 26.4 Å². The van der Waals surface area contributed by atoms with E-state index < -0.39 is 9.17 Å². The first kappa shape index (κ1) is 13.1. The third-order valence-electron chi connectivity index (χ3n) is 0.642. The van der Waals surface area contributed by atoms with Crippen molar-refractivity contribution in [1.82, 2.24) is 5.32 Å². The summed E-state index contributed by atoms with van der Waals surface area (Å²) in [4.78, 5) is 14.3. The van der Waals surface area contributed by atoms with E-state index in [0.29, 0.717) is 13.1 Å². The highest BCUT2D eigenvalue weighted by molar-refractivity contribution is 6.22. The van der Waals surface area contributed by atoms with Crippen molar-refractivity contribution in [3.05, 3.63) is 0 Å². The van der Waals surface area contributed by atoms with Crippen LogP contribution in [0.2, 0.25) is 0 Å². The summed E-state index contributed by atoms with van der Waals surface area (Å²) >= 11 is 0. The lowest BCUT2D eigenvalue weighted by molar-refractivity contribution is 0.330. The summed E-state index contributed by atoms with van der Waals surface area (Å²) < 4.78 is 8.74. The second kappa shape index (κ2) is 12.2. The van der Waals surface area contributed by atoms with E-state index in [0.717, 1.165) is 13.1 Å². The minimum Gasteiger partial charge on any atom is -0.511 e. The molecule has 0 aliphatic rings. The van der Waals surface area contributed by atoms with Crippen LogP contribution < -0.4 is 16.8 Å². The Kier molecular flexibility index (Phi) is 14.5. The van der Waals surface area contributed by atoms with Crippen LogP contribution in [0, 0.1) is 0 Å². The Bertz CT molecular complexity index is 84.7. The average molecular weight is 181 g/mol. The molecule has 0 radical (unpaired) electrons. The lowest BCUT2D eigenvalue weighted by atomic mass is 10.6. The van der Waals surface area contributed by atoms with Crippen LogP contribution in [0.1, 0.15) is 0 Å². The van der Waals surface area contributed by atoms with Crippen molar-refractivity contribution in [1.29, 1.82) is 0 Å². The Morgan fingerprint density at radius 2 is 1.45 bits per heavy atom. The largest absolute Gasteiger partial charge is 0.761 e. The molecule has 68 valence electrons. The van der Waals surface area contributed by atoms with E-state index in [1.807, 2.05) is 0 Å². The normalized spacial score (nSPS) is 8.18. The van der Waals surface area contributed by atoms with Gasteiger partial charge in [-0.05, 0) is 0 Å². The minimum atomic E-state index is -3.13. The highest BCUT2D eigenvalue weighted by atomic mass is 28.3. The van der Waals surface area contributed by atoms with E-state index >= 15 is 0 Å². The van der Waals surface area contributed by atoms with Gasteiger partial charge in [0.15, 0.2) is 0 Å². The molecule has 0 unspecified atom stereocenters. The second-order valence-corrected chi connectivity index (χ2v) is 2.18. The van der Waals surface area contributed by atoms with Gasteiger partial charge in [0, 0.05) is 26.2 Å². The average Bonchev–Trinajstić information content (AvgIpc) is 1.88. The molecular weight excluding hydrogens is 166 g/mol. The van der Waals surface area contributed by atoms with Gasteiger partial charge in [0.1, 0.15) is 0 Å². The van der Waals surface area contributed by atoms with Gasteiger partial charge in [-0.15, -0.1) is 0 Å². The summed E-state index contributed by atoms with van der Waals surface area (Å²) in [5.74, 6) is 0. The molecule has 0 saturated heterocycles. The molecule has 0 aliphatic heterocycles. The molecule has 7 heteroatoms. The van der Waals surface area contributed by atoms with Crippen LogP contribution >= 0.6 is 0 Å². The van der Waals surface area contributed by atoms with Crippen molar-refractivity contribution in [3.63, 3.8) is 0 Å². The highest BCUT2D eigenvalue weighted by Gasteiger charge is 1.85. The molecule has 0 aromatic carbocycles. The number of hydrogen-bond donors (Lipinski definition) is 5. The number of nitrogens with one attached hydrogen (secondary N) is 1. The third-order valence-corrected chi connectivity index (χ3v) is 0.642. The first-order valence-electron chi connectivity index (χ1n) is 3.17. The highest BCUT2D eigenvalue weighted by Crippen LogP contribution is 1.49. The van der Waals surface area contributed by atoms with Crippen LogP contribution in [0.4, 0.5) is 0 Å². The molecular formula is C4H15N3O3Si. The fourth-order valence-electron chi connectivity index (χ4n) is 0.329. The molecule has 0 amide bonds. The Balaban J connectivity index is 0. The molecule has 0 heterocycles. The minimum absolute atomic E-state index is 0.694. The number of hydrogen-bond acceptors (Lipinski definition) is 4. The predicted octanol–water partition coefficient (Wildman–Crippen LogP) is -3.12. The van der Waals surface area contributed by atoms with E-state index in [9.17, 15) is 0 Å². The zero-order valence-electron chi connectivity index (χ0n) is 6.29. The molecule has 6 nitrogen and oxygen atoms in total. The van der Waals surface area contributed by atoms with Crippen LogP contribution in [0.5, 0.6) is 0 Å². The van der Waals surface area contributed by atoms with Crippen molar-refractivity contribution >= 4 is 9.17 Å². The van der Waals surface area contributed by atoms with E-state index in [-0.39, 0.29) is 0 Å². The molecule has 7 N–H and O–H groups in total. The van der Waals surface area contributed by atoms with Gasteiger partial charge in [-0.3, -0.25) is 4.46 Å². The molecule has 0 rings (SSSR count). The van der Waals surface area contributed by atoms with Crippen LogP contribution in [-0.2, 0) is 4.46 Å². The zero-order chi connectivity index (χ0) is 9.11. The van der Waals surface area contributed by atoms with Crippen molar-refractivity contribution in [2.45, 2.75) is 0 Å². The van der Waals surface area contributed by atoms with Gasteiger partial charge >= 0.3 is 9.17 Å². The van der Waals surface area contributed by atoms with Crippen molar-refractivity contribution in [2.75, 3.05) is 26.2 Å². The standard InChI is InChI=1S/C4H13N3.H2O3Si/c5-1-3-7-4-2-6;1-4(2)3/h7H,1-6H2;1-2H. The van der Waals surface area contributed by atoms with Crippen LogP contribution in [0.25, 0.3) is 0 Å². The lowest BCUT2D eigenvalue weighted by Gasteiger charge is -1.95. The summed E-state index contributed by atoms with van der Waals surface area (Å²) in [6.07, 6.45) is 0. The monoisotopic (exact) mass is 181 g/mol. The van der Waals surface area contributed by atoms with Gasteiger partial charge in [0.2, 0.25) is 0 Å². The van der Waals surface area contributed by atoms with E-state index in [2.05, 4.69) is 5.32 Å². The van der Waals surface area contributed by atoms with Gasteiger partial charge in [0.05, 0.1) is 0 Å². The van der Waals surface area contributed by atoms with E-state index in [4.69, 9.17) is 25.5 Å². The van der Waals surface area contributed by atoms with Crippen molar-refractivity contribution in [2.24, 2.45) is 11.5 Å². The molecule has 0 atom stereocenters. The Hall–Kier alpha value is -0.503. The van der Waals surface area contributed by atoms with Gasteiger partial charge in [-0.2, -0.15) is 0 Å². The van der Waals surface area contributed by atoms with E-state index in [1.54, 1.807) is 0 Å². The molecule has 0 aromatic heterocycles. The summed E-state index contributed by atoms with van der Waals surface area (Å²) in [5, 5.41) is 3.03. The fourth-order valence-corrected chi connectivity index (χ4v) is 0.329. The predicted molar refractivity (Wildman–Crippen MR) is 41.9 cm³/mol. The second-order valence-electron chi connectivity index (χ2n) is 1.61. The molecule has 11 heavy (non-hydrogen) atoms. The summed E-state index contributed by atoms with van der Waals surface area (Å²) in [6, 6.07) is 0. The molecule has 0 aromatic rings. The first-order valence-corrected chi connectivity index (χ1v) is 4.48. The quantitative estimate of drug-likeness (QED) is 0.231. The number of rotatable bonds is 4. The van der Waals surface area contributed by atoms with Gasteiger partial charge in [-0.25, -0.2) is 0 Å². The van der Waals surface area contributed by atoms with Crippen LogP contribution in [0.3, 0.4) is 0 Å². The number of nitrogens with two attached hydrogens (primary N) is 2. The zero-order valence-corrected chi connectivity index (χ0v) is 7.29. The summed E-state index contributed by atoms with van der Waals surface area (Å²) in [5.41, 5.74) is 10.3. The Morgan fingerprint density at radius 3 is 1.64 bits per heavy atom. The van der Waals surface area contributed by atoms with Gasteiger partial charge in [0.25, 0.3) is 0 Å². The molecule has 0 aliphatic carbocycles. The van der Waals surface area contributed by atoms with Crippen molar-refractivity contribution < 1.29 is 14.1 Å². The molecule has 0 bridgehead atoms. The maximum atomic E-state index is 8.74. The lowest BCUT2D eigenvalue weighted by Crippen LogP contribution is -2.27. The van der Waals surface area contributed by atoms with Crippen LogP contribution in [-0.4, -0.2) is 44.9 Å². The molecule has 0 saturated carbocycles. The van der Waals surface area contributed by atoms with Crippen LogP contribution in [0.15, 0.2) is 0 Å². The van der Waals surface area contributed by atoms with Gasteiger partial charge in [-0.1, -0.05) is 0 Å².